The molecule has 0 bridgehead atoms. The van der Waals surface area contributed by atoms with Gasteiger partial charge in [-0.1, -0.05) is 18.1 Å². The molecule has 2 rings (SSSR count). The van der Waals surface area contributed by atoms with E-state index in [1.165, 1.54) is 7.11 Å². The van der Waals surface area contributed by atoms with E-state index in [2.05, 4.69) is 5.92 Å². The Kier molecular flexibility index (Phi) is 3.71. The molecule has 20 heavy (non-hydrogen) atoms. The molecule has 0 heterocycles. The quantitative estimate of drug-likeness (QED) is 0.740. The predicted molar refractivity (Wildman–Crippen MR) is 71.4 cm³/mol. The van der Waals surface area contributed by atoms with Gasteiger partial charge in [0.2, 0.25) is 0 Å². The van der Waals surface area contributed by atoms with Crippen molar-refractivity contribution in [3.63, 3.8) is 0 Å². The highest BCUT2D eigenvalue weighted by Crippen LogP contribution is 2.34. The molecule has 0 spiro atoms. The Labute approximate surface area is 115 Å². The number of rotatable bonds is 2. The number of hydrogen-bond acceptors (Lipinski definition) is 1. The Hall–Kier alpha value is -2.41. The van der Waals surface area contributed by atoms with Gasteiger partial charge in [-0.15, -0.1) is 6.42 Å². The number of benzene rings is 2. The number of hydrogen-bond donors (Lipinski definition) is 0. The fourth-order valence-corrected chi connectivity index (χ4v) is 1.84. The number of methoxy groups -OCH3 is 1. The molecule has 4 heteroatoms. The Morgan fingerprint density at radius 3 is 2.40 bits per heavy atom. The molecule has 0 saturated heterocycles. The Bertz CT molecular complexity index is 666. The third-order valence-corrected chi connectivity index (χ3v) is 2.83. The van der Waals surface area contributed by atoms with E-state index >= 15 is 0 Å². The molecule has 0 aromatic heterocycles. The molecule has 0 amide bonds. The van der Waals surface area contributed by atoms with Crippen LogP contribution >= 0.6 is 0 Å². The molecule has 102 valence electrons. The van der Waals surface area contributed by atoms with Gasteiger partial charge in [-0.05, 0) is 41.5 Å². The highest BCUT2D eigenvalue weighted by molar-refractivity contribution is 5.68. The topological polar surface area (TPSA) is 9.23 Å². The van der Waals surface area contributed by atoms with Crippen molar-refractivity contribution < 1.29 is 17.9 Å². The van der Waals surface area contributed by atoms with E-state index in [4.69, 9.17) is 11.2 Å². The minimum absolute atomic E-state index is 0.192. The van der Waals surface area contributed by atoms with Gasteiger partial charge in [-0.3, -0.25) is 0 Å². The molecule has 0 N–H and O–H groups in total. The molecule has 0 unspecified atom stereocenters. The molecule has 0 radical (unpaired) electrons. The molecular weight excluding hydrogens is 265 g/mol. The summed E-state index contributed by atoms with van der Waals surface area (Å²) in [6, 6.07) is 10.4. The lowest BCUT2D eigenvalue weighted by atomic mass is 9.99. The molecule has 0 saturated carbocycles. The average molecular weight is 276 g/mol. The van der Waals surface area contributed by atoms with Crippen molar-refractivity contribution in [2.24, 2.45) is 0 Å². The first-order valence-electron chi connectivity index (χ1n) is 5.77. The highest BCUT2D eigenvalue weighted by atomic mass is 19.4. The number of halogens is 3. The second-order valence-electron chi connectivity index (χ2n) is 4.17. The monoisotopic (exact) mass is 276 g/mol. The smallest absolute Gasteiger partial charge is 0.416 e. The van der Waals surface area contributed by atoms with Gasteiger partial charge in [0, 0.05) is 5.56 Å². The lowest BCUT2D eigenvalue weighted by molar-refractivity contribution is -0.137. The SMILES string of the molecule is C#Cc1cc(-c2cccc(OC)c2)cc(C(F)(F)F)c1. The van der Waals surface area contributed by atoms with Crippen LogP contribution in [0.5, 0.6) is 5.75 Å². The lowest BCUT2D eigenvalue weighted by Gasteiger charge is -2.11. The van der Waals surface area contributed by atoms with Gasteiger partial charge in [0.1, 0.15) is 5.75 Å². The van der Waals surface area contributed by atoms with Gasteiger partial charge < -0.3 is 4.74 Å². The first-order valence-corrected chi connectivity index (χ1v) is 5.77. The zero-order valence-electron chi connectivity index (χ0n) is 10.7. The summed E-state index contributed by atoms with van der Waals surface area (Å²) in [7, 11) is 1.50. The van der Waals surface area contributed by atoms with Crippen LogP contribution in [0.15, 0.2) is 42.5 Å². The molecule has 0 atom stereocenters. The van der Waals surface area contributed by atoms with Gasteiger partial charge in [0.05, 0.1) is 12.7 Å². The van der Waals surface area contributed by atoms with E-state index in [9.17, 15) is 13.2 Å². The zero-order valence-corrected chi connectivity index (χ0v) is 10.7. The third-order valence-electron chi connectivity index (χ3n) is 2.83. The fraction of sp³-hybridized carbons (Fsp3) is 0.125. The summed E-state index contributed by atoms with van der Waals surface area (Å²) in [6.07, 6.45) is 0.793. The van der Waals surface area contributed by atoms with Crippen LogP contribution in [0, 0.1) is 12.3 Å². The van der Waals surface area contributed by atoms with Crippen LogP contribution in [0.25, 0.3) is 11.1 Å². The summed E-state index contributed by atoms with van der Waals surface area (Å²) < 4.78 is 43.6. The molecule has 0 aliphatic carbocycles. The second-order valence-corrected chi connectivity index (χ2v) is 4.17. The van der Waals surface area contributed by atoms with E-state index in [0.29, 0.717) is 16.9 Å². The summed E-state index contributed by atoms with van der Waals surface area (Å²) in [6.45, 7) is 0. The van der Waals surface area contributed by atoms with Crippen molar-refractivity contribution in [3.8, 4) is 29.2 Å². The molecule has 1 nitrogen and oxygen atoms in total. The molecule has 2 aromatic rings. The van der Waals surface area contributed by atoms with Crippen LogP contribution in [0.2, 0.25) is 0 Å². The van der Waals surface area contributed by atoms with Crippen molar-refractivity contribution in [1.82, 2.24) is 0 Å². The first-order chi connectivity index (χ1) is 9.44. The van der Waals surface area contributed by atoms with E-state index in [0.717, 1.165) is 12.1 Å². The maximum atomic E-state index is 12.9. The van der Waals surface area contributed by atoms with Gasteiger partial charge >= 0.3 is 6.18 Å². The number of ether oxygens (including phenoxy) is 1. The van der Waals surface area contributed by atoms with Crippen molar-refractivity contribution in [3.05, 3.63) is 53.6 Å². The van der Waals surface area contributed by atoms with E-state index in [1.807, 2.05) is 0 Å². The summed E-state index contributed by atoms with van der Waals surface area (Å²) >= 11 is 0. The van der Waals surface area contributed by atoms with Crippen LogP contribution in [0.4, 0.5) is 13.2 Å². The largest absolute Gasteiger partial charge is 0.497 e. The third kappa shape index (κ3) is 2.94. The molecule has 0 aliphatic heterocycles. The van der Waals surface area contributed by atoms with Crippen LogP contribution in [0.3, 0.4) is 0 Å². The van der Waals surface area contributed by atoms with Crippen molar-refractivity contribution in [1.29, 1.82) is 0 Å². The van der Waals surface area contributed by atoms with Gasteiger partial charge in [0.25, 0.3) is 0 Å². The lowest BCUT2D eigenvalue weighted by Crippen LogP contribution is -2.05. The second kappa shape index (κ2) is 5.30. The standard InChI is InChI=1S/C16H11F3O/c1-3-11-7-13(9-14(8-11)16(17,18)19)12-5-4-6-15(10-12)20-2/h1,4-10H,2H3. The summed E-state index contributed by atoms with van der Waals surface area (Å²) in [5, 5.41) is 0. The zero-order chi connectivity index (χ0) is 14.8. The molecular formula is C16H11F3O. The van der Waals surface area contributed by atoms with Gasteiger partial charge in [-0.25, -0.2) is 0 Å². The van der Waals surface area contributed by atoms with E-state index < -0.39 is 11.7 Å². The number of alkyl halides is 3. The van der Waals surface area contributed by atoms with Crippen LogP contribution in [0.1, 0.15) is 11.1 Å². The molecule has 0 aliphatic rings. The van der Waals surface area contributed by atoms with Gasteiger partial charge in [-0.2, -0.15) is 13.2 Å². The minimum Gasteiger partial charge on any atom is -0.497 e. The summed E-state index contributed by atoms with van der Waals surface area (Å²) in [5.41, 5.74) is 0.460. The first kappa shape index (κ1) is 14.0. The fourth-order valence-electron chi connectivity index (χ4n) is 1.84. The minimum atomic E-state index is -4.43. The Morgan fingerprint density at radius 2 is 1.80 bits per heavy atom. The molecule has 2 aromatic carbocycles. The normalized spacial score (nSPS) is 10.9. The average Bonchev–Trinajstić information content (AvgIpc) is 2.46. The van der Waals surface area contributed by atoms with Crippen molar-refractivity contribution >= 4 is 0 Å². The van der Waals surface area contributed by atoms with Gasteiger partial charge in [0.15, 0.2) is 0 Å². The highest BCUT2D eigenvalue weighted by Gasteiger charge is 2.31. The van der Waals surface area contributed by atoms with Crippen LogP contribution in [-0.4, -0.2) is 7.11 Å². The maximum Gasteiger partial charge on any atom is 0.416 e. The van der Waals surface area contributed by atoms with Crippen molar-refractivity contribution in [2.75, 3.05) is 7.11 Å². The van der Waals surface area contributed by atoms with Crippen LogP contribution < -0.4 is 4.74 Å². The predicted octanol–water partition coefficient (Wildman–Crippen LogP) is 4.36. The number of terminal acetylenes is 1. The van der Waals surface area contributed by atoms with E-state index in [1.54, 1.807) is 30.3 Å². The van der Waals surface area contributed by atoms with Crippen molar-refractivity contribution in [2.45, 2.75) is 6.18 Å². The maximum absolute atomic E-state index is 12.9. The Balaban J connectivity index is 2.59. The summed E-state index contributed by atoms with van der Waals surface area (Å²) in [4.78, 5) is 0. The summed E-state index contributed by atoms with van der Waals surface area (Å²) in [5.74, 6) is 2.82. The van der Waals surface area contributed by atoms with E-state index in [-0.39, 0.29) is 5.56 Å². The molecule has 0 fully saturated rings. The van der Waals surface area contributed by atoms with Crippen LogP contribution in [-0.2, 0) is 6.18 Å². The Morgan fingerprint density at radius 1 is 1.05 bits per heavy atom.